The van der Waals surface area contributed by atoms with Gasteiger partial charge in [0.1, 0.15) is 0 Å². The van der Waals surface area contributed by atoms with Gasteiger partial charge in [0.25, 0.3) is 0 Å². The second kappa shape index (κ2) is 10.00. The number of fused-ring (bicyclic) bond motifs is 1. The maximum absolute atomic E-state index is 11.5. The largest absolute Gasteiger partial charge is 0.478 e. The molecule has 0 amide bonds. The van der Waals surface area contributed by atoms with E-state index in [-0.39, 0.29) is 11.5 Å². The van der Waals surface area contributed by atoms with Gasteiger partial charge < -0.3 is 14.4 Å². The maximum atomic E-state index is 11.5. The molecule has 0 saturated heterocycles. The summed E-state index contributed by atoms with van der Waals surface area (Å²) in [5.74, 6) is -0.538. The van der Waals surface area contributed by atoms with Gasteiger partial charge in [0.05, 0.1) is 33.9 Å². The molecule has 0 atom stereocenters. The Hall–Kier alpha value is -4.52. The first-order chi connectivity index (χ1) is 17.5. The zero-order valence-electron chi connectivity index (χ0n) is 20.0. The van der Waals surface area contributed by atoms with E-state index in [1.165, 1.54) is 6.07 Å². The summed E-state index contributed by atoms with van der Waals surface area (Å²) >= 11 is 0. The van der Waals surface area contributed by atoms with Crippen LogP contribution in [0.4, 0.5) is 11.4 Å². The van der Waals surface area contributed by atoms with Crippen molar-refractivity contribution in [2.24, 2.45) is 4.99 Å². The fourth-order valence-corrected chi connectivity index (χ4v) is 4.26. The monoisotopic (exact) mass is 478 g/mol. The van der Waals surface area contributed by atoms with Gasteiger partial charge in [0.2, 0.25) is 11.8 Å². The minimum absolute atomic E-state index is 0.118. The summed E-state index contributed by atoms with van der Waals surface area (Å²) in [6.07, 6.45) is 3.09. The van der Waals surface area contributed by atoms with Crippen LogP contribution in [0.2, 0.25) is 0 Å². The Bertz CT molecular complexity index is 1450. The van der Waals surface area contributed by atoms with Crippen LogP contribution in [-0.4, -0.2) is 27.0 Å². The second-order valence-corrected chi connectivity index (χ2v) is 8.64. The molecule has 5 rings (SSSR count). The van der Waals surface area contributed by atoms with Crippen LogP contribution in [0, 0.1) is 0 Å². The molecule has 1 aliphatic rings. The molecule has 180 valence electrons. The number of nitrogens with zero attached hydrogens (tertiary/aromatic N) is 4. The van der Waals surface area contributed by atoms with Gasteiger partial charge in [-0.2, -0.15) is 0 Å². The molecule has 0 fully saturated rings. The zero-order valence-corrected chi connectivity index (χ0v) is 20.0. The van der Waals surface area contributed by atoms with Crippen LogP contribution in [0.5, 0.6) is 0 Å². The average molecular weight is 479 g/mol. The number of carboxylic acid groups (broad SMARTS) is 1. The molecule has 0 bridgehead atoms. The Balaban J connectivity index is 1.37. The average Bonchev–Trinajstić information content (AvgIpc) is 3.40. The molecule has 1 aliphatic heterocycles. The molecule has 0 unspecified atom stereocenters. The van der Waals surface area contributed by atoms with E-state index in [1.807, 2.05) is 42.5 Å². The lowest BCUT2D eigenvalue weighted by Gasteiger charge is -2.32. The molecule has 0 spiro atoms. The fourth-order valence-electron chi connectivity index (χ4n) is 4.26. The van der Waals surface area contributed by atoms with Gasteiger partial charge in [0, 0.05) is 12.1 Å². The molecule has 0 saturated carbocycles. The van der Waals surface area contributed by atoms with Crippen LogP contribution in [0.1, 0.15) is 42.1 Å². The van der Waals surface area contributed by atoms with Crippen LogP contribution >= 0.6 is 0 Å². The molecule has 7 nitrogen and oxygen atoms in total. The molecule has 7 heteroatoms. The SMILES string of the molecule is C=C1C(CCCC)=Nc2ccccc2N1Cc1ccc(-c2nnc(-c3ccccc3C(=O)O)o2)cc1. The number of anilines is 1. The summed E-state index contributed by atoms with van der Waals surface area (Å²) in [5.41, 5.74) is 6.35. The van der Waals surface area contributed by atoms with Crippen molar-refractivity contribution < 1.29 is 14.3 Å². The van der Waals surface area contributed by atoms with Crippen LogP contribution in [-0.2, 0) is 6.54 Å². The number of rotatable bonds is 8. The maximum Gasteiger partial charge on any atom is 0.336 e. The number of carbonyl (C=O) groups is 1. The van der Waals surface area contributed by atoms with Gasteiger partial charge in [-0.3, -0.25) is 0 Å². The van der Waals surface area contributed by atoms with E-state index in [2.05, 4.69) is 34.7 Å². The highest BCUT2D eigenvalue weighted by atomic mass is 16.4. The van der Waals surface area contributed by atoms with Crippen molar-refractivity contribution in [1.29, 1.82) is 0 Å². The Morgan fingerprint density at radius 1 is 0.972 bits per heavy atom. The minimum Gasteiger partial charge on any atom is -0.478 e. The normalized spacial score (nSPS) is 12.9. The van der Waals surface area contributed by atoms with Crippen LogP contribution in [0.25, 0.3) is 22.9 Å². The van der Waals surface area contributed by atoms with Gasteiger partial charge in [-0.05, 0) is 54.8 Å². The number of aromatic nitrogens is 2. The Kier molecular flexibility index (Phi) is 6.45. The summed E-state index contributed by atoms with van der Waals surface area (Å²) in [5, 5.41) is 17.7. The predicted octanol–water partition coefficient (Wildman–Crippen LogP) is 6.90. The van der Waals surface area contributed by atoms with Crippen molar-refractivity contribution in [3.8, 4) is 22.9 Å². The van der Waals surface area contributed by atoms with E-state index >= 15 is 0 Å². The van der Waals surface area contributed by atoms with E-state index in [0.717, 1.165) is 53.2 Å². The summed E-state index contributed by atoms with van der Waals surface area (Å²) < 4.78 is 5.83. The van der Waals surface area contributed by atoms with Crippen molar-refractivity contribution in [1.82, 2.24) is 10.2 Å². The number of aliphatic imine (C=N–C) groups is 1. The topological polar surface area (TPSA) is 91.8 Å². The van der Waals surface area contributed by atoms with Gasteiger partial charge >= 0.3 is 5.97 Å². The highest BCUT2D eigenvalue weighted by Crippen LogP contribution is 2.37. The van der Waals surface area contributed by atoms with Crippen LogP contribution < -0.4 is 4.90 Å². The summed E-state index contributed by atoms with van der Waals surface area (Å²) in [4.78, 5) is 18.6. The van der Waals surface area contributed by atoms with E-state index in [9.17, 15) is 9.90 Å². The highest BCUT2D eigenvalue weighted by Gasteiger charge is 2.23. The molecule has 0 radical (unpaired) electrons. The number of benzene rings is 3. The van der Waals surface area contributed by atoms with Gasteiger partial charge in [0.15, 0.2) is 0 Å². The Morgan fingerprint density at radius 2 is 1.69 bits per heavy atom. The lowest BCUT2D eigenvalue weighted by molar-refractivity contribution is 0.0697. The minimum atomic E-state index is -1.04. The number of unbranched alkanes of at least 4 members (excludes halogenated alkanes) is 1. The fraction of sp³-hybridized carbons (Fsp3) is 0.172. The first-order valence-corrected chi connectivity index (χ1v) is 11.9. The summed E-state index contributed by atoms with van der Waals surface area (Å²) in [6.45, 7) is 7.19. The molecule has 0 aliphatic carbocycles. The van der Waals surface area contributed by atoms with Gasteiger partial charge in [-0.15, -0.1) is 10.2 Å². The molecule has 2 heterocycles. The van der Waals surface area contributed by atoms with Gasteiger partial charge in [-0.25, -0.2) is 9.79 Å². The second-order valence-electron chi connectivity index (χ2n) is 8.64. The van der Waals surface area contributed by atoms with Crippen molar-refractivity contribution in [2.75, 3.05) is 4.90 Å². The molecular weight excluding hydrogens is 452 g/mol. The molecule has 36 heavy (non-hydrogen) atoms. The first-order valence-electron chi connectivity index (χ1n) is 11.9. The van der Waals surface area contributed by atoms with E-state index in [1.54, 1.807) is 18.2 Å². The van der Waals surface area contributed by atoms with Crippen LogP contribution in [0.3, 0.4) is 0 Å². The van der Waals surface area contributed by atoms with Crippen LogP contribution in [0.15, 0.2) is 94.5 Å². The van der Waals surface area contributed by atoms with E-state index in [4.69, 9.17) is 9.41 Å². The van der Waals surface area contributed by atoms with Crippen molar-refractivity contribution in [3.05, 3.63) is 96.2 Å². The molecule has 3 aromatic carbocycles. The zero-order chi connectivity index (χ0) is 25.1. The summed E-state index contributed by atoms with van der Waals surface area (Å²) in [6, 6.07) is 22.6. The standard InChI is InChI=1S/C29H26N4O3/c1-3-4-11-24-19(2)33(26-13-8-7-12-25(26)30-24)18-20-14-16-21(17-15-20)27-31-32-28(36-27)22-9-5-6-10-23(22)29(34)35/h5-10,12-17H,2-4,11,18H2,1H3,(H,34,35). The Morgan fingerprint density at radius 3 is 2.47 bits per heavy atom. The smallest absolute Gasteiger partial charge is 0.336 e. The quantitative estimate of drug-likeness (QED) is 0.296. The number of aromatic carboxylic acids is 1. The summed E-state index contributed by atoms with van der Waals surface area (Å²) in [7, 11) is 0. The lowest BCUT2D eigenvalue weighted by atomic mass is 10.0. The van der Waals surface area contributed by atoms with Crippen molar-refractivity contribution in [3.63, 3.8) is 0 Å². The van der Waals surface area contributed by atoms with E-state index in [0.29, 0.717) is 18.0 Å². The number of hydrogen-bond acceptors (Lipinski definition) is 6. The van der Waals surface area contributed by atoms with Gasteiger partial charge in [-0.1, -0.05) is 56.3 Å². The molecular formula is C29H26N4O3. The van der Waals surface area contributed by atoms with Crippen molar-refractivity contribution >= 4 is 23.1 Å². The predicted molar refractivity (Wildman–Crippen MR) is 141 cm³/mol. The Labute approximate surface area is 209 Å². The number of allylic oxidation sites excluding steroid dienone is 1. The number of para-hydroxylation sites is 2. The first kappa shape index (κ1) is 23.2. The molecule has 1 aromatic heterocycles. The van der Waals surface area contributed by atoms with E-state index < -0.39 is 5.97 Å². The third-order valence-corrected chi connectivity index (χ3v) is 6.21. The van der Waals surface area contributed by atoms with Crippen molar-refractivity contribution in [2.45, 2.75) is 32.7 Å². The third kappa shape index (κ3) is 4.55. The number of hydrogen-bond donors (Lipinski definition) is 1. The molecule has 1 N–H and O–H groups in total. The molecule has 4 aromatic rings. The third-order valence-electron chi connectivity index (χ3n) is 6.21. The lowest BCUT2D eigenvalue weighted by Crippen LogP contribution is -2.29. The number of carboxylic acids is 1. The highest BCUT2D eigenvalue weighted by molar-refractivity contribution is 6.07.